The second-order valence-corrected chi connectivity index (χ2v) is 5.65. The molecule has 1 rings (SSSR count). The maximum absolute atomic E-state index is 10.8. The van der Waals surface area contributed by atoms with E-state index in [2.05, 4.69) is 33.0 Å². The van der Waals surface area contributed by atoms with Gasteiger partial charge in [-0.15, -0.1) is 0 Å². The van der Waals surface area contributed by atoms with Gasteiger partial charge in [-0.05, 0) is 24.2 Å². The minimum atomic E-state index is -0.652. The van der Waals surface area contributed by atoms with Gasteiger partial charge in [0.15, 0.2) is 0 Å². The maximum atomic E-state index is 10.8. The van der Waals surface area contributed by atoms with Crippen LogP contribution >= 0.6 is 0 Å². The van der Waals surface area contributed by atoms with Gasteiger partial charge < -0.3 is 10.4 Å². The van der Waals surface area contributed by atoms with Crippen LogP contribution in [0.25, 0.3) is 0 Å². The number of aliphatic carboxylic acids is 1. The molecule has 1 aliphatic rings. The van der Waals surface area contributed by atoms with Crippen LogP contribution in [0.4, 0.5) is 0 Å². The Morgan fingerprint density at radius 3 is 2.40 bits per heavy atom. The van der Waals surface area contributed by atoms with E-state index in [1.165, 1.54) is 0 Å². The predicted molar refractivity (Wildman–Crippen MR) is 60.8 cm³/mol. The molecule has 0 radical (unpaired) electrons. The summed E-state index contributed by atoms with van der Waals surface area (Å²) >= 11 is 0. The summed E-state index contributed by atoms with van der Waals surface area (Å²) in [6.07, 6.45) is 1.83. The summed E-state index contributed by atoms with van der Waals surface area (Å²) in [5.74, 6) is -0.206. The van der Waals surface area contributed by atoms with Crippen molar-refractivity contribution >= 4 is 5.97 Å². The minimum absolute atomic E-state index is 0.159. The second-order valence-electron chi connectivity index (χ2n) is 5.65. The highest BCUT2D eigenvalue weighted by Gasteiger charge is 2.37. The van der Waals surface area contributed by atoms with Crippen molar-refractivity contribution in [1.82, 2.24) is 5.32 Å². The first-order chi connectivity index (χ1) is 6.84. The number of hydrogen-bond acceptors (Lipinski definition) is 2. The number of carbonyl (C=O) groups is 1. The molecule has 0 aromatic carbocycles. The normalized spacial score (nSPS) is 26.5. The smallest absolute Gasteiger partial charge is 0.308 e. The van der Waals surface area contributed by atoms with Gasteiger partial charge in [0.05, 0.1) is 5.92 Å². The van der Waals surface area contributed by atoms with Gasteiger partial charge in [0.25, 0.3) is 0 Å². The lowest BCUT2D eigenvalue weighted by molar-refractivity contribution is -0.146. The Bertz CT molecular complexity index is 236. The molecule has 0 aromatic rings. The Kier molecular flexibility index (Phi) is 3.77. The zero-order chi connectivity index (χ0) is 11.6. The molecule has 0 bridgehead atoms. The molecule has 0 amide bonds. The maximum Gasteiger partial charge on any atom is 0.308 e. The van der Waals surface area contributed by atoms with E-state index in [0.717, 1.165) is 19.4 Å². The van der Waals surface area contributed by atoms with Crippen molar-refractivity contribution in [2.24, 2.45) is 17.3 Å². The second kappa shape index (κ2) is 4.52. The number of rotatable bonds is 5. The number of carboxylic acids is 1. The third-order valence-electron chi connectivity index (χ3n) is 3.97. The molecule has 88 valence electrons. The summed E-state index contributed by atoms with van der Waals surface area (Å²) in [4.78, 5) is 10.8. The number of nitrogens with one attached hydrogen (secondary N) is 1. The fraction of sp³-hybridized carbons (Fsp3) is 0.917. The largest absolute Gasteiger partial charge is 0.481 e. The van der Waals surface area contributed by atoms with Crippen LogP contribution in [0.2, 0.25) is 0 Å². The summed E-state index contributed by atoms with van der Waals surface area (Å²) in [6.45, 7) is 9.76. The van der Waals surface area contributed by atoms with Gasteiger partial charge in [-0.2, -0.15) is 0 Å². The quantitative estimate of drug-likeness (QED) is 0.735. The zero-order valence-electron chi connectivity index (χ0n) is 10.2. The van der Waals surface area contributed by atoms with E-state index >= 15 is 0 Å². The molecule has 1 aliphatic carbocycles. The molecular weight excluding hydrogens is 190 g/mol. The van der Waals surface area contributed by atoms with E-state index in [1.807, 2.05) is 0 Å². The van der Waals surface area contributed by atoms with Gasteiger partial charge in [0.2, 0.25) is 0 Å². The first kappa shape index (κ1) is 12.5. The first-order valence-corrected chi connectivity index (χ1v) is 5.81. The average molecular weight is 213 g/mol. The van der Waals surface area contributed by atoms with Crippen LogP contribution in [0, 0.1) is 17.3 Å². The lowest BCUT2D eigenvalue weighted by atomic mass is 9.77. The van der Waals surface area contributed by atoms with E-state index in [9.17, 15) is 4.79 Å². The lowest BCUT2D eigenvalue weighted by Gasteiger charge is -2.38. The van der Waals surface area contributed by atoms with Crippen LogP contribution in [0.3, 0.4) is 0 Å². The van der Waals surface area contributed by atoms with Crippen molar-refractivity contribution in [2.45, 2.75) is 46.6 Å². The van der Waals surface area contributed by atoms with Crippen LogP contribution in [0.5, 0.6) is 0 Å². The summed E-state index contributed by atoms with van der Waals surface area (Å²) < 4.78 is 0. The summed E-state index contributed by atoms with van der Waals surface area (Å²) in [7, 11) is 0. The van der Waals surface area contributed by atoms with Gasteiger partial charge in [0, 0.05) is 12.6 Å². The fourth-order valence-corrected chi connectivity index (χ4v) is 1.64. The van der Waals surface area contributed by atoms with Crippen molar-refractivity contribution in [2.75, 3.05) is 6.54 Å². The van der Waals surface area contributed by atoms with Gasteiger partial charge in [-0.1, -0.05) is 27.7 Å². The van der Waals surface area contributed by atoms with E-state index < -0.39 is 5.97 Å². The van der Waals surface area contributed by atoms with Crippen LogP contribution in [-0.4, -0.2) is 23.7 Å². The molecule has 1 fully saturated rings. The van der Waals surface area contributed by atoms with Crippen molar-refractivity contribution in [3.63, 3.8) is 0 Å². The van der Waals surface area contributed by atoms with Crippen LogP contribution in [0.1, 0.15) is 40.5 Å². The van der Waals surface area contributed by atoms with Gasteiger partial charge in [-0.3, -0.25) is 4.79 Å². The number of carboxylic acid groups (broad SMARTS) is 1. The SMILES string of the molecule is CC(C)C(C)(C)CNC1CCC1C(=O)O. The third-order valence-corrected chi connectivity index (χ3v) is 3.97. The lowest BCUT2D eigenvalue weighted by Crippen LogP contribution is -2.50. The highest BCUT2D eigenvalue weighted by Crippen LogP contribution is 2.30. The highest BCUT2D eigenvalue weighted by molar-refractivity contribution is 5.72. The summed E-state index contributed by atoms with van der Waals surface area (Å²) in [6, 6.07) is 0.195. The molecule has 0 heterocycles. The van der Waals surface area contributed by atoms with E-state index in [1.54, 1.807) is 0 Å². The number of hydrogen-bond donors (Lipinski definition) is 2. The molecule has 0 saturated heterocycles. The molecular formula is C12H23NO2. The van der Waals surface area contributed by atoms with Gasteiger partial charge in [0.1, 0.15) is 0 Å². The molecule has 2 N–H and O–H groups in total. The Morgan fingerprint density at radius 2 is 2.07 bits per heavy atom. The third kappa shape index (κ3) is 2.94. The van der Waals surface area contributed by atoms with Gasteiger partial charge in [-0.25, -0.2) is 0 Å². The molecule has 0 aromatic heterocycles. The molecule has 3 nitrogen and oxygen atoms in total. The Hall–Kier alpha value is -0.570. The standard InChI is InChI=1S/C12H23NO2/c1-8(2)12(3,4)7-13-10-6-5-9(10)11(14)15/h8-10,13H,5-7H2,1-4H3,(H,14,15). The Morgan fingerprint density at radius 1 is 1.47 bits per heavy atom. The molecule has 15 heavy (non-hydrogen) atoms. The summed E-state index contributed by atoms with van der Waals surface area (Å²) in [5, 5.41) is 12.3. The molecule has 2 atom stereocenters. The molecule has 2 unspecified atom stereocenters. The van der Waals surface area contributed by atoms with Crippen LogP contribution in [-0.2, 0) is 4.79 Å². The van der Waals surface area contributed by atoms with Crippen molar-refractivity contribution in [3.05, 3.63) is 0 Å². The predicted octanol–water partition coefficient (Wildman–Crippen LogP) is 2.12. The van der Waals surface area contributed by atoms with E-state index in [0.29, 0.717) is 5.92 Å². The van der Waals surface area contributed by atoms with E-state index in [4.69, 9.17) is 5.11 Å². The average Bonchev–Trinajstić information content (AvgIpc) is 2.00. The van der Waals surface area contributed by atoms with Crippen LogP contribution in [0.15, 0.2) is 0 Å². The first-order valence-electron chi connectivity index (χ1n) is 5.81. The van der Waals surface area contributed by atoms with Gasteiger partial charge >= 0.3 is 5.97 Å². The van der Waals surface area contributed by atoms with E-state index in [-0.39, 0.29) is 17.4 Å². The molecule has 0 aliphatic heterocycles. The van der Waals surface area contributed by atoms with Crippen molar-refractivity contribution in [3.8, 4) is 0 Å². The van der Waals surface area contributed by atoms with Crippen molar-refractivity contribution < 1.29 is 9.90 Å². The van der Waals surface area contributed by atoms with Crippen LogP contribution < -0.4 is 5.32 Å². The topological polar surface area (TPSA) is 49.3 Å². The summed E-state index contributed by atoms with van der Waals surface area (Å²) in [5.41, 5.74) is 0.235. The molecule has 1 saturated carbocycles. The van der Waals surface area contributed by atoms with Crippen molar-refractivity contribution in [1.29, 1.82) is 0 Å². The molecule has 3 heteroatoms. The molecule has 0 spiro atoms. The fourth-order valence-electron chi connectivity index (χ4n) is 1.64. The highest BCUT2D eigenvalue weighted by atomic mass is 16.4. The monoisotopic (exact) mass is 213 g/mol. The Labute approximate surface area is 92.3 Å². The zero-order valence-corrected chi connectivity index (χ0v) is 10.2. The minimum Gasteiger partial charge on any atom is -0.481 e. The Balaban J connectivity index is 2.35.